The Morgan fingerprint density at radius 3 is 2.62 bits per heavy atom. The van der Waals surface area contributed by atoms with E-state index in [-0.39, 0.29) is 12.1 Å². The van der Waals surface area contributed by atoms with E-state index in [0.29, 0.717) is 6.61 Å². The third-order valence-corrected chi connectivity index (χ3v) is 2.47. The van der Waals surface area contributed by atoms with Crippen LogP contribution in [0.2, 0.25) is 0 Å². The van der Waals surface area contributed by atoms with Crippen LogP contribution in [0.4, 0.5) is 0 Å². The van der Waals surface area contributed by atoms with Gasteiger partial charge in [-0.3, -0.25) is 4.68 Å². The predicted octanol–water partition coefficient (Wildman–Crippen LogP) is 1.80. The summed E-state index contributed by atoms with van der Waals surface area (Å²) in [6, 6.07) is 0.237. The molecule has 0 bridgehead atoms. The highest BCUT2D eigenvalue weighted by atomic mass is 16.5. The van der Waals surface area contributed by atoms with Crippen molar-refractivity contribution in [3.8, 4) is 0 Å². The number of aromatic nitrogens is 2. The zero-order valence-corrected chi connectivity index (χ0v) is 10.9. The van der Waals surface area contributed by atoms with E-state index in [0.717, 1.165) is 12.2 Å². The predicted molar refractivity (Wildman–Crippen MR) is 65.5 cm³/mol. The van der Waals surface area contributed by atoms with Crippen LogP contribution in [-0.4, -0.2) is 29.0 Å². The Morgan fingerprint density at radius 2 is 2.19 bits per heavy atom. The van der Waals surface area contributed by atoms with Crippen molar-refractivity contribution in [2.24, 2.45) is 7.05 Å². The second kappa shape index (κ2) is 6.01. The number of ether oxygens (including phenoxy) is 1. The third kappa shape index (κ3) is 3.61. The van der Waals surface area contributed by atoms with Crippen LogP contribution in [0, 0.1) is 6.92 Å². The molecule has 4 heteroatoms. The lowest BCUT2D eigenvalue weighted by atomic mass is 10.1. The monoisotopic (exact) mass is 225 g/mol. The Kier molecular flexibility index (Phi) is 4.96. The molecule has 0 aliphatic carbocycles. The average molecular weight is 225 g/mol. The molecule has 1 rings (SSSR count). The molecule has 0 spiro atoms. The van der Waals surface area contributed by atoms with Gasteiger partial charge in [-0.2, -0.15) is 5.10 Å². The molecule has 1 aromatic heterocycles. The Hall–Kier alpha value is -0.870. The lowest BCUT2D eigenvalue weighted by molar-refractivity contribution is 0.0613. The van der Waals surface area contributed by atoms with Crippen LogP contribution >= 0.6 is 0 Å². The summed E-state index contributed by atoms with van der Waals surface area (Å²) in [5.41, 5.74) is 2.30. The van der Waals surface area contributed by atoms with E-state index in [4.69, 9.17) is 4.74 Å². The normalized spacial score (nSPS) is 13.4. The number of nitrogens with zero attached hydrogens (tertiary/aromatic N) is 2. The zero-order valence-electron chi connectivity index (χ0n) is 10.9. The van der Waals surface area contributed by atoms with E-state index in [1.165, 1.54) is 5.56 Å². The number of rotatable bonds is 6. The molecule has 16 heavy (non-hydrogen) atoms. The maximum atomic E-state index is 5.68. The van der Waals surface area contributed by atoms with Crippen LogP contribution in [-0.2, 0) is 11.8 Å². The van der Waals surface area contributed by atoms with Crippen LogP contribution in [0.5, 0.6) is 0 Å². The Morgan fingerprint density at radius 1 is 1.50 bits per heavy atom. The van der Waals surface area contributed by atoms with Crippen LogP contribution in [0.3, 0.4) is 0 Å². The summed E-state index contributed by atoms with van der Waals surface area (Å²) >= 11 is 0. The van der Waals surface area contributed by atoms with Crippen molar-refractivity contribution in [3.63, 3.8) is 0 Å². The summed E-state index contributed by atoms with van der Waals surface area (Å²) in [6.07, 6.45) is 2.32. The van der Waals surface area contributed by atoms with E-state index < -0.39 is 0 Å². The van der Waals surface area contributed by atoms with Crippen molar-refractivity contribution < 1.29 is 4.74 Å². The Bertz CT molecular complexity index is 320. The summed E-state index contributed by atoms with van der Waals surface area (Å²) in [7, 11) is 1.95. The zero-order chi connectivity index (χ0) is 12.1. The molecule has 0 fully saturated rings. The lowest BCUT2D eigenvalue weighted by Gasteiger charge is -2.19. The molecule has 1 heterocycles. The third-order valence-electron chi connectivity index (χ3n) is 2.47. The van der Waals surface area contributed by atoms with Gasteiger partial charge >= 0.3 is 0 Å². The number of hydrogen-bond acceptors (Lipinski definition) is 3. The fraction of sp³-hybridized carbons (Fsp3) is 0.750. The highest BCUT2D eigenvalue weighted by Crippen LogP contribution is 2.17. The van der Waals surface area contributed by atoms with Gasteiger partial charge in [0.15, 0.2) is 0 Å². The summed E-state index contributed by atoms with van der Waals surface area (Å²) in [5, 5.41) is 7.79. The van der Waals surface area contributed by atoms with Crippen molar-refractivity contribution in [2.75, 3.05) is 13.2 Å². The smallest absolute Gasteiger partial charge is 0.0666 e. The largest absolute Gasteiger partial charge is 0.377 e. The Labute approximate surface area is 98.0 Å². The molecule has 1 N–H and O–H groups in total. The first kappa shape index (κ1) is 13.2. The van der Waals surface area contributed by atoms with Gasteiger partial charge in [0, 0.05) is 18.8 Å². The van der Waals surface area contributed by atoms with Gasteiger partial charge in [-0.05, 0) is 27.3 Å². The molecule has 1 unspecified atom stereocenters. The molecule has 0 saturated heterocycles. The van der Waals surface area contributed by atoms with E-state index in [1.54, 1.807) is 0 Å². The van der Waals surface area contributed by atoms with Crippen molar-refractivity contribution in [1.29, 1.82) is 0 Å². The molecule has 1 aromatic rings. The quantitative estimate of drug-likeness (QED) is 0.802. The second-order valence-corrected chi connectivity index (χ2v) is 4.34. The van der Waals surface area contributed by atoms with Crippen LogP contribution in [0.15, 0.2) is 6.20 Å². The van der Waals surface area contributed by atoms with Gasteiger partial charge in [0.05, 0.1) is 24.4 Å². The summed E-state index contributed by atoms with van der Waals surface area (Å²) < 4.78 is 7.53. The van der Waals surface area contributed by atoms with Crippen molar-refractivity contribution in [1.82, 2.24) is 15.1 Å². The van der Waals surface area contributed by atoms with Crippen molar-refractivity contribution in [2.45, 2.75) is 39.8 Å². The van der Waals surface area contributed by atoms with E-state index >= 15 is 0 Å². The number of nitrogens with one attached hydrogen (secondary N) is 1. The van der Waals surface area contributed by atoms with Gasteiger partial charge in [-0.25, -0.2) is 0 Å². The maximum absolute atomic E-state index is 5.68. The van der Waals surface area contributed by atoms with Crippen molar-refractivity contribution >= 4 is 0 Å². The first-order chi connectivity index (χ1) is 7.54. The molecule has 0 radical (unpaired) electrons. The van der Waals surface area contributed by atoms with Crippen LogP contribution < -0.4 is 5.32 Å². The molecule has 0 aliphatic rings. The maximum Gasteiger partial charge on any atom is 0.0666 e. The van der Waals surface area contributed by atoms with Crippen LogP contribution in [0.25, 0.3) is 0 Å². The highest BCUT2D eigenvalue weighted by molar-refractivity contribution is 5.20. The van der Waals surface area contributed by atoms with Gasteiger partial charge in [0.1, 0.15) is 0 Å². The van der Waals surface area contributed by atoms with Gasteiger partial charge in [0.2, 0.25) is 0 Å². The molecule has 0 aromatic carbocycles. The summed E-state index contributed by atoms with van der Waals surface area (Å²) in [5.74, 6) is 0. The van der Waals surface area contributed by atoms with E-state index in [1.807, 2.05) is 18.7 Å². The van der Waals surface area contributed by atoms with E-state index in [2.05, 4.69) is 37.4 Å². The SMILES string of the molecule is CCNC(COC(C)C)c1cn(C)nc1C. The minimum absolute atomic E-state index is 0.237. The average Bonchev–Trinajstić information content (AvgIpc) is 2.52. The first-order valence-corrected chi connectivity index (χ1v) is 5.89. The molecular formula is C12H23N3O. The van der Waals surface area contributed by atoms with Gasteiger partial charge in [0.25, 0.3) is 0 Å². The van der Waals surface area contributed by atoms with E-state index in [9.17, 15) is 0 Å². The summed E-state index contributed by atoms with van der Waals surface area (Å²) in [6.45, 7) is 9.87. The Balaban J connectivity index is 2.72. The second-order valence-electron chi connectivity index (χ2n) is 4.34. The molecule has 0 aliphatic heterocycles. The number of hydrogen-bond donors (Lipinski definition) is 1. The summed E-state index contributed by atoms with van der Waals surface area (Å²) in [4.78, 5) is 0. The fourth-order valence-electron chi connectivity index (χ4n) is 1.75. The molecule has 1 atom stereocenters. The molecule has 0 amide bonds. The van der Waals surface area contributed by atoms with Gasteiger partial charge < -0.3 is 10.1 Å². The minimum Gasteiger partial charge on any atom is -0.377 e. The molecule has 4 nitrogen and oxygen atoms in total. The van der Waals surface area contributed by atoms with Crippen LogP contribution in [0.1, 0.15) is 38.1 Å². The highest BCUT2D eigenvalue weighted by Gasteiger charge is 2.16. The number of likely N-dealkylation sites (N-methyl/N-ethyl adjacent to an activating group) is 1. The minimum atomic E-state index is 0.237. The lowest BCUT2D eigenvalue weighted by Crippen LogP contribution is -2.26. The first-order valence-electron chi connectivity index (χ1n) is 5.89. The molecule has 0 saturated carbocycles. The standard InChI is InChI=1S/C12H23N3O/c1-6-13-12(8-16-9(2)3)11-7-15(5)14-10(11)4/h7,9,12-13H,6,8H2,1-5H3. The van der Waals surface area contributed by atoms with Gasteiger partial charge in [-0.1, -0.05) is 6.92 Å². The fourth-order valence-corrected chi connectivity index (χ4v) is 1.75. The topological polar surface area (TPSA) is 39.1 Å². The van der Waals surface area contributed by atoms with Crippen molar-refractivity contribution in [3.05, 3.63) is 17.5 Å². The molecule has 92 valence electrons. The molecular weight excluding hydrogens is 202 g/mol. The number of aryl methyl sites for hydroxylation is 2. The van der Waals surface area contributed by atoms with Gasteiger partial charge in [-0.15, -0.1) is 0 Å².